The summed E-state index contributed by atoms with van der Waals surface area (Å²) in [5.41, 5.74) is 0.205. The molecule has 3 aromatic rings. The molecule has 0 spiro atoms. The van der Waals surface area contributed by atoms with Crippen LogP contribution in [0.5, 0.6) is 5.75 Å². The van der Waals surface area contributed by atoms with Crippen LogP contribution in [-0.4, -0.2) is 22.1 Å². The van der Waals surface area contributed by atoms with Gasteiger partial charge < -0.3 is 10.1 Å². The maximum atomic E-state index is 12.5. The van der Waals surface area contributed by atoms with E-state index in [9.17, 15) is 18.4 Å². The first-order valence-electron chi connectivity index (χ1n) is 7.42. The monoisotopic (exact) mass is 423 g/mol. The molecule has 9 heteroatoms. The van der Waals surface area contributed by atoms with Crippen molar-refractivity contribution in [3.8, 4) is 5.75 Å². The maximum Gasteiger partial charge on any atom is 0.387 e. The minimum Gasteiger partial charge on any atom is -0.433 e. The lowest BCUT2D eigenvalue weighted by Gasteiger charge is -2.12. The van der Waals surface area contributed by atoms with Crippen LogP contribution in [0, 0.1) is 0 Å². The van der Waals surface area contributed by atoms with Gasteiger partial charge in [-0.15, -0.1) is 0 Å². The van der Waals surface area contributed by atoms with Crippen molar-refractivity contribution in [2.45, 2.75) is 13.2 Å². The highest BCUT2D eigenvalue weighted by Gasteiger charge is 2.13. The van der Waals surface area contributed by atoms with Gasteiger partial charge in [0.1, 0.15) is 12.3 Å². The summed E-state index contributed by atoms with van der Waals surface area (Å²) < 4.78 is 31.1. The second kappa shape index (κ2) is 7.61. The Morgan fingerprint density at radius 3 is 2.81 bits per heavy atom. The number of hydrogen-bond acceptors (Lipinski definition) is 4. The molecule has 1 heterocycles. The number of carbonyl (C=O) groups is 1. The smallest absolute Gasteiger partial charge is 0.387 e. The fourth-order valence-corrected chi connectivity index (χ4v) is 2.72. The Balaban J connectivity index is 1.82. The van der Waals surface area contributed by atoms with Crippen LogP contribution >= 0.6 is 15.9 Å². The molecule has 0 fully saturated rings. The van der Waals surface area contributed by atoms with Crippen molar-refractivity contribution in [1.29, 1.82) is 0 Å². The van der Waals surface area contributed by atoms with E-state index in [1.165, 1.54) is 24.5 Å². The molecule has 0 aliphatic carbocycles. The Morgan fingerprint density at radius 1 is 1.27 bits per heavy atom. The fraction of sp³-hybridized carbons (Fsp3) is 0.118. The predicted molar refractivity (Wildman–Crippen MR) is 95.4 cm³/mol. The Hall–Kier alpha value is -2.81. The fourth-order valence-electron chi connectivity index (χ4n) is 2.36. The molecule has 2 aromatic carbocycles. The zero-order valence-electron chi connectivity index (χ0n) is 13.2. The summed E-state index contributed by atoms with van der Waals surface area (Å²) >= 11 is 3.28. The van der Waals surface area contributed by atoms with Gasteiger partial charge in [-0.2, -0.15) is 8.78 Å². The molecule has 1 N–H and O–H groups in total. The number of fused-ring (bicyclic) bond motifs is 1. The number of rotatable bonds is 5. The summed E-state index contributed by atoms with van der Waals surface area (Å²) in [6.07, 6.45) is 1.26. The summed E-state index contributed by atoms with van der Waals surface area (Å²) in [4.78, 5) is 28.8. The summed E-state index contributed by atoms with van der Waals surface area (Å²) in [6.45, 7) is -3.34. The quantitative estimate of drug-likeness (QED) is 0.682. The highest BCUT2D eigenvalue weighted by atomic mass is 79.9. The minimum absolute atomic E-state index is 0.0855. The number of amides is 1. The van der Waals surface area contributed by atoms with Crippen LogP contribution < -0.4 is 15.6 Å². The van der Waals surface area contributed by atoms with Crippen LogP contribution in [-0.2, 0) is 11.3 Å². The number of hydrogen-bond donors (Lipinski definition) is 1. The Bertz CT molecular complexity index is 1020. The summed E-state index contributed by atoms with van der Waals surface area (Å²) in [5, 5.41) is 2.81. The van der Waals surface area contributed by atoms with E-state index in [2.05, 4.69) is 31.0 Å². The third-order valence-electron chi connectivity index (χ3n) is 3.48. The van der Waals surface area contributed by atoms with Crippen molar-refractivity contribution < 1.29 is 18.3 Å². The van der Waals surface area contributed by atoms with E-state index in [1.807, 2.05) is 0 Å². The van der Waals surface area contributed by atoms with Gasteiger partial charge in [0.05, 0.1) is 22.9 Å². The molecular formula is C17H12BrF2N3O3. The topological polar surface area (TPSA) is 73.2 Å². The van der Waals surface area contributed by atoms with E-state index in [0.29, 0.717) is 15.4 Å². The van der Waals surface area contributed by atoms with Crippen LogP contribution in [0.1, 0.15) is 0 Å². The second-order valence-electron chi connectivity index (χ2n) is 5.26. The number of ether oxygens (including phenoxy) is 1. The highest BCUT2D eigenvalue weighted by Crippen LogP contribution is 2.25. The Morgan fingerprint density at radius 2 is 2.04 bits per heavy atom. The minimum atomic E-state index is -3.01. The van der Waals surface area contributed by atoms with Crippen molar-refractivity contribution >= 4 is 38.4 Å². The lowest BCUT2D eigenvalue weighted by atomic mass is 10.2. The molecule has 6 nitrogen and oxygen atoms in total. The van der Waals surface area contributed by atoms with Crippen LogP contribution in [0.3, 0.4) is 0 Å². The molecule has 3 rings (SSSR count). The number of nitrogens with one attached hydrogen (secondary N) is 1. The molecule has 26 heavy (non-hydrogen) atoms. The molecule has 134 valence electrons. The largest absolute Gasteiger partial charge is 0.433 e. The van der Waals surface area contributed by atoms with E-state index in [4.69, 9.17) is 0 Å². The van der Waals surface area contributed by atoms with Gasteiger partial charge >= 0.3 is 6.61 Å². The molecule has 0 aliphatic heterocycles. The highest BCUT2D eigenvalue weighted by molar-refractivity contribution is 9.10. The van der Waals surface area contributed by atoms with Crippen molar-refractivity contribution in [2.24, 2.45) is 0 Å². The first-order valence-corrected chi connectivity index (χ1v) is 8.22. The summed E-state index contributed by atoms with van der Waals surface area (Å²) in [6, 6.07) is 10.9. The summed E-state index contributed by atoms with van der Waals surface area (Å²) in [7, 11) is 0. The molecule has 0 bridgehead atoms. The lowest BCUT2D eigenvalue weighted by Crippen LogP contribution is -2.28. The van der Waals surface area contributed by atoms with Crippen molar-refractivity contribution in [2.75, 3.05) is 5.32 Å². The Kier molecular flexibility index (Phi) is 5.27. The molecule has 0 saturated heterocycles. The zero-order chi connectivity index (χ0) is 18.7. The molecule has 0 radical (unpaired) electrons. The third kappa shape index (κ3) is 4.05. The van der Waals surface area contributed by atoms with E-state index in [1.54, 1.807) is 24.3 Å². The number of para-hydroxylation sites is 2. The van der Waals surface area contributed by atoms with E-state index in [0.717, 1.165) is 4.57 Å². The lowest BCUT2D eigenvalue weighted by molar-refractivity contribution is -0.116. The molecular weight excluding hydrogens is 412 g/mol. The van der Waals surface area contributed by atoms with E-state index in [-0.39, 0.29) is 23.5 Å². The molecule has 0 unspecified atom stereocenters. The van der Waals surface area contributed by atoms with Gasteiger partial charge in [0.25, 0.3) is 5.56 Å². The number of aromatic nitrogens is 2. The zero-order valence-corrected chi connectivity index (χ0v) is 14.7. The van der Waals surface area contributed by atoms with Gasteiger partial charge in [0, 0.05) is 4.47 Å². The van der Waals surface area contributed by atoms with Gasteiger partial charge in [0.2, 0.25) is 5.91 Å². The SMILES string of the molecule is O=C(Cn1cnc2ccc(Br)cc2c1=O)Nc1ccccc1OC(F)F. The maximum absolute atomic E-state index is 12.5. The molecule has 0 aliphatic rings. The van der Waals surface area contributed by atoms with Crippen LogP contribution in [0.25, 0.3) is 10.9 Å². The third-order valence-corrected chi connectivity index (χ3v) is 3.97. The van der Waals surface area contributed by atoms with Gasteiger partial charge in [-0.05, 0) is 30.3 Å². The van der Waals surface area contributed by atoms with Crippen molar-refractivity contribution in [3.63, 3.8) is 0 Å². The number of alkyl halides is 2. The number of carbonyl (C=O) groups excluding carboxylic acids is 1. The average molecular weight is 424 g/mol. The number of anilines is 1. The molecule has 0 atom stereocenters. The molecule has 1 aromatic heterocycles. The predicted octanol–water partition coefficient (Wildman–Crippen LogP) is 3.40. The van der Waals surface area contributed by atoms with Gasteiger partial charge in [-0.25, -0.2) is 4.98 Å². The van der Waals surface area contributed by atoms with E-state index < -0.39 is 12.5 Å². The second-order valence-corrected chi connectivity index (χ2v) is 6.18. The van der Waals surface area contributed by atoms with Crippen molar-refractivity contribution in [1.82, 2.24) is 9.55 Å². The number of halogens is 3. The average Bonchev–Trinajstić information content (AvgIpc) is 2.59. The molecule has 0 saturated carbocycles. The van der Waals surface area contributed by atoms with Gasteiger partial charge in [-0.1, -0.05) is 28.1 Å². The number of nitrogens with zero attached hydrogens (tertiary/aromatic N) is 2. The standard InChI is InChI=1S/C17H12BrF2N3O3/c18-10-5-6-12-11(7-10)16(25)23(9-21-12)8-15(24)22-13-3-1-2-4-14(13)26-17(19)20/h1-7,9,17H,8H2,(H,22,24). The summed E-state index contributed by atoms with van der Waals surface area (Å²) in [5.74, 6) is -0.739. The van der Waals surface area contributed by atoms with Crippen LogP contribution in [0.15, 0.2) is 58.1 Å². The van der Waals surface area contributed by atoms with E-state index >= 15 is 0 Å². The van der Waals surface area contributed by atoms with Gasteiger partial charge in [-0.3, -0.25) is 14.2 Å². The molecule has 1 amide bonds. The first kappa shape index (κ1) is 18.0. The normalized spacial score (nSPS) is 10.9. The number of benzene rings is 2. The van der Waals surface area contributed by atoms with Crippen molar-refractivity contribution in [3.05, 3.63) is 63.6 Å². The Labute approximate surface area is 154 Å². The van der Waals surface area contributed by atoms with Gasteiger partial charge in [0.15, 0.2) is 0 Å². The van der Waals surface area contributed by atoms with Crippen LogP contribution in [0.4, 0.5) is 14.5 Å². The first-order chi connectivity index (χ1) is 12.4. The van der Waals surface area contributed by atoms with Crippen LogP contribution in [0.2, 0.25) is 0 Å².